The maximum atomic E-state index is 11.0. The summed E-state index contributed by atoms with van der Waals surface area (Å²) in [6, 6.07) is 24.3. The van der Waals surface area contributed by atoms with Gasteiger partial charge in [-0.05, 0) is 19.1 Å². The van der Waals surface area contributed by atoms with Gasteiger partial charge in [0.05, 0.1) is 5.69 Å². The first-order valence-corrected chi connectivity index (χ1v) is 9.50. The zero-order chi connectivity index (χ0) is 20.9. The highest BCUT2D eigenvalue weighted by Gasteiger charge is 2.14. The van der Waals surface area contributed by atoms with Gasteiger partial charge in [0, 0.05) is 33.5 Å². The summed E-state index contributed by atoms with van der Waals surface area (Å²) in [6.07, 6.45) is 1.63. The Balaban J connectivity index is 1.85. The summed E-state index contributed by atoms with van der Waals surface area (Å²) in [4.78, 5) is 31.5. The summed E-state index contributed by atoms with van der Waals surface area (Å²) in [7, 11) is 0. The van der Waals surface area contributed by atoms with E-state index < -0.39 is 0 Å². The Morgan fingerprint density at radius 2 is 1.27 bits per heavy atom. The van der Waals surface area contributed by atoms with Gasteiger partial charge in [-0.1, -0.05) is 66.7 Å². The van der Waals surface area contributed by atoms with Gasteiger partial charge in [0.1, 0.15) is 18.4 Å². The fourth-order valence-corrected chi connectivity index (χ4v) is 3.14. The van der Waals surface area contributed by atoms with Gasteiger partial charge in [0.2, 0.25) is 0 Å². The SMILES string of the molecule is Cc1c(Nc2ccccc2)nc(-c2ccc(C=O)cc2)nc1-c1ccc(C=O)cc1. The lowest BCUT2D eigenvalue weighted by Crippen LogP contribution is -2.03. The fraction of sp³-hybridized carbons (Fsp3) is 0.0400. The third-order valence-corrected chi connectivity index (χ3v) is 4.81. The summed E-state index contributed by atoms with van der Waals surface area (Å²) in [6.45, 7) is 1.97. The quantitative estimate of drug-likeness (QED) is 0.439. The zero-order valence-corrected chi connectivity index (χ0v) is 16.4. The minimum absolute atomic E-state index is 0.547. The molecule has 0 spiro atoms. The van der Waals surface area contributed by atoms with Gasteiger partial charge >= 0.3 is 0 Å². The molecule has 0 amide bonds. The molecule has 1 aromatic heterocycles. The number of hydrogen-bond acceptors (Lipinski definition) is 5. The molecule has 1 N–H and O–H groups in total. The van der Waals surface area contributed by atoms with Crippen LogP contribution in [0.25, 0.3) is 22.6 Å². The fourth-order valence-electron chi connectivity index (χ4n) is 3.14. The molecule has 5 nitrogen and oxygen atoms in total. The number of aldehydes is 2. The van der Waals surface area contributed by atoms with Crippen LogP contribution >= 0.6 is 0 Å². The highest BCUT2D eigenvalue weighted by atomic mass is 16.1. The molecule has 30 heavy (non-hydrogen) atoms. The molecule has 3 aromatic carbocycles. The van der Waals surface area contributed by atoms with E-state index >= 15 is 0 Å². The number of para-hydroxylation sites is 1. The van der Waals surface area contributed by atoms with Gasteiger partial charge in [-0.2, -0.15) is 0 Å². The van der Waals surface area contributed by atoms with Gasteiger partial charge in [-0.3, -0.25) is 9.59 Å². The lowest BCUT2D eigenvalue weighted by atomic mass is 10.0. The Morgan fingerprint density at radius 1 is 0.700 bits per heavy atom. The molecule has 0 saturated carbocycles. The van der Waals surface area contributed by atoms with Crippen LogP contribution in [0.5, 0.6) is 0 Å². The van der Waals surface area contributed by atoms with Crippen LogP contribution in [-0.2, 0) is 0 Å². The molecule has 0 radical (unpaired) electrons. The van der Waals surface area contributed by atoms with E-state index in [1.807, 2.05) is 61.5 Å². The largest absolute Gasteiger partial charge is 0.340 e. The summed E-state index contributed by atoms with van der Waals surface area (Å²) in [5, 5.41) is 3.37. The first-order valence-electron chi connectivity index (χ1n) is 9.50. The maximum Gasteiger partial charge on any atom is 0.162 e. The van der Waals surface area contributed by atoms with Crippen molar-refractivity contribution in [3.05, 3.63) is 95.6 Å². The zero-order valence-electron chi connectivity index (χ0n) is 16.4. The molecule has 4 rings (SSSR count). The smallest absolute Gasteiger partial charge is 0.162 e. The molecule has 0 aliphatic heterocycles. The van der Waals surface area contributed by atoms with E-state index in [0.29, 0.717) is 22.8 Å². The number of carbonyl (C=O) groups is 2. The van der Waals surface area contributed by atoms with Crippen LogP contribution in [0.3, 0.4) is 0 Å². The van der Waals surface area contributed by atoms with E-state index in [-0.39, 0.29) is 0 Å². The van der Waals surface area contributed by atoms with E-state index in [9.17, 15) is 9.59 Å². The molecule has 0 unspecified atom stereocenters. The first-order chi connectivity index (χ1) is 14.7. The first kappa shape index (κ1) is 19.2. The molecule has 0 fully saturated rings. The van der Waals surface area contributed by atoms with Crippen molar-refractivity contribution in [2.75, 3.05) is 5.32 Å². The Bertz CT molecular complexity index is 1190. The molecule has 0 bridgehead atoms. The van der Waals surface area contributed by atoms with Gasteiger partial charge < -0.3 is 5.32 Å². The minimum Gasteiger partial charge on any atom is -0.340 e. The monoisotopic (exact) mass is 393 g/mol. The molecule has 146 valence electrons. The van der Waals surface area contributed by atoms with Crippen molar-refractivity contribution >= 4 is 24.1 Å². The average Bonchev–Trinajstić information content (AvgIpc) is 2.81. The van der Waals surface area contributed by atoms with Crippen LogP contribution in [0.2, 0.25) is 0 Å². The summed E-state index contributed by atoms with van der Waals surface area (Å²) >= 11 is 0. The third-order valence-electron chi connectivity index (χ3n) is 4.81. The molecule has 4 aromatic rings. The molecule has 0 aliphatic carbocycles. The standard InChI is InChI=1S/C25H19N3O2/c1-17-23(20-11-7-18(15-29)8-12-20)27-25(21-13-9-19(16-30)10-14-21)28-24(17)26-22-5-3-2-4-6-22/h2-16H,1H3,(H,26,27,28). The van der Waals surface area contributed by atoms with Crippen LogP contribution in [0.4, 0.5) is 11.5 Å². The van der Waals surface area contributed by atoms with Crippen molar-refractivity contribution < 1.29 is 9.59 Å². The predicted molar refractivity (Wildman–Crippen MR) is 118 cm³/mol. The number of rotatable bonds is 6. The van der Waals surface area contributed by atoms with E-state index in [1.54, 1.807) is 24.3 Å². The number of anilines is 2. The van der Waals surface area contributed by atoms with Crippen molar-refractivity contribution in [1.29, 1.82) is 0 Å². The second-order valence-electron chi connectivity index (χ2n) is 6.84. The third kappa shape index (κ3) is 4.00. The number of nitrogens with zero attached hydrogens (tertiary/aromatic N) is 2. The Hall–Kier alpha value is -4.12. The summed E-state index contributed by atoms with van der Waals surface area (Å²) in [5.41, 5.74) is 5.49. The van der Waals surface area contributed by atoms with Crippen LogP contribution in [0.1, 0.15) is 26.3 Å². The van der Waals surface area contributed by atoms with Crippen LogP contribution in [0.15, 0.2) is 78.9 Å². The Morgan fingerprint density at radius 3 is 1.83 bits per heavy atom. The number of aromatic nitrogens is 2. The van der Waals surface area contributed by atoms with Gasteiger partial charge in [0.15, 0.2) is 5.82 Å². The molecule has 0 aliphatic rings. The summed E-state index contributed by atoms with van der Waals surface area (Å²) < 4.78 is 0. The van der Waals surface area contributed by atoms with Crippen molar-refractivity contribution in [3.63, 3.8) is 0 Å². The van der Waals surface area contributed by atoms with Gasteiger partial charge in [0.25, 0.3) is 0 Å². The van der Waals surface area contributed by atoms with Crippen molar-refractivity contribution in [2.45, 2.75) is 6.92 Å². The van der Waals surface area contributed by atoms with E-state index in [2.05, 4.69) is 5.32 Å². The maximum absolute atomic E-state index is 11.0. The molecule has 1 heterocycles. The Kier molecular flexibility index (Phi) is 5.44. The van der Waals surface area contributed by atoms with Crippen molar-refractivity contribution in [2.24, 2.45) is 0 Å². The van der Waals surface area contributed by atoms with Crippen molar-refractivity contribution in [3.8, 4) is 22.6 Å². The number of hydrogen-bond donors (Lipinski definition) is 1. The molecule has 0 saturated heterocycles. The van der Waals surface area contributed by atoms with E-state index in [0.717, 1.165) is 40.6 Å². The van der Waals surface area contributed by atoms with Gasteiger partial charge in [-0.25, -0.2) is 9.97 Å². The van der Waals surface area contributed by atoms with Crippen molar-refractivity contribution in [1.82, 2.24) is 9.97 Å². The predicted octanol–water partition coefficient (Wildman–Crippen LogP) is 5.49. The lowest BCUT2D eigenvalue weighted by molar-refractivity contribution is 0.111. The van der Waals surface area contributed by atoms with E-state index in [1.165, 1.54) is 0 Å². The molecule has 0 atom stereocenters. The topological polar surface area (TPSA) is 72.0 Å². The van der Waals surface area contributed by atoms with Gasteiger partial charge in [-0.15, -0.1) is 0 Å². The molecule has 5 heteroatoms. The minimum atomic E-state index is 0.547. The Labute approximate surface area is 174 Å². The van der Waals surface area contributed by atoms with Crippen LogP contribution < -0.4 is 5.32 Å². The number of benzene rings is 3. The number of carbonyl (C=O) groups excluding carboxylic acids is 2. The molecular weight excluding hydrogens is 374 g/mol. The van der Waals surface area contributed by atoms with Crippen LogP contribution in [-0.4, -0.2) is 22.5 Å². The summed E-state index contributed by atoms with van der Waals surface area (Å²) in [5.74, 6) is 1.24. The molecular formula is C25H19N3O2. The second kappa shape index (κ2) is 8.49. The number of nitrogens with one attached hydrogen (secondary N) is 1. The lowest BCUT2D eigenvalue weighted by Gasteiger charge is -2.15. The van der Waals surface area contributed by atoms with E-state index in [4.69, 9.17) is 9.97 Å². The normalized spacial score (nSPS) is 10.4. The average molecular weight is 393 g/mol. The van der Waals surface area contributed by atoms with Crippen LogP contribution in [0, 0.1) is 6.92 Å². The second-order valence-corrected chi connectivity index (χ2v) is 6.84. The highest BCUT2D eigenvalue weighted by Crippen LogP contribution is 2.30. The highest BCUT2D eigenvalue weighted by molar-refractivity contribution is 5.79.